The summed E-state index contributed by atoms with van der Waals surface area (Å²) in [6.45, 7) is 10.1. The maximum absolute atomic E-state index is 5.87. The minimum atomic E-state index is 0.188. The lowest BCUT2D eigenvalue weighted by Crippen LogP contribution is -2.68. The molecule has 21 heavy (non-hydrogen) atoms. The van der Waals surface area contributed by atoms with Crippen molar-refractivity contribution in [1.29, 1.82) is 0 Å². The number of nitrogens with one attached hydrogen (secondary N) is 2. The molecule has 5 heteroatoms. The molecule has 0 aromatic heterocycles. The summed E-state index contributed by atoms with van der Waals surface area (Å²) in [7, 11) is 0. The van der Waals surface area contributed by atoms with Gasteiger partial charge in [0.1, 0.15) is 0 Å². The Morgan fingerprint density at radius 3 is 2.62 bits per heavy atom. The molecule has 2 saturated heterocycles. The van der Waals surface area contributed by atoms with E-state index in [1.54, 1.807) is 0 Å². The third-order valence-corrected chi connectivity index (χ3v) is 5.27. The number of fused-ring (bicyclic) bond motifs is 1. The molecule has 0 aromatic carbocycles. The highest BCUT2D eigenvalue weighted by atomic mass is 16.5. The van der Waals surface area contributed by atoms with Gasteiger partial charge in [-0.2, -0.15) is 0 Å². The van der Waals surface area contributed by atoms with Crippen LogP contribution in [-0.2, 0) is 9.47 Å². The molecule has 2 aliphatic heterocycles. The lowest BCUT2D eigenvalue weighted by Gasteiger charge is -2.55. The monoisotopic (exact) mass is 295 g/mol. The molecule has 2 heterocycles. The average molecular weight is 295 g/mol. The number of hydrogen-bond acceptors (Lipinski definition) is 3. The molecule has 120 valence electrons. The molecule has 3 aliphatic rings. The summed E-state index contributed by atoms with van der Waals surface area (Å²) in [6.07, 6.45) is 3.71. The molecule has 0 aromatic rings. The molecule has 0 spiro atoms. The van der Waals surface area contributed by atoms with Crippen LogP contribution in [0.5, 0.6) is 0 Å². The fourth-order valence-corrected chi connectivity index (χ4v) is 4.09. The van der Waals surface area contributed by atoms with E-state index in [1.165, 1.54) is 6.42 Å². The first-order valence-electron chi connectivity index (χ1n) is 8.39. The summed E-state index contributed by atoms with van der Waals surface area (Å²) in [4.78, 5) is 4.63. The van der Waals surface area contributed by atoms with Crippen molar-refractivity contribution in [2.45, 2.75) is 58.2 Å². The quantitative estimate of drug-likeness (QED) is 0.612. The molecule has 1 saturated carbocycles. The van der Waals surface area contributed by atoms with Gasteiger partial charge in [0.25, 0.3) is 0 Å². The van der Waals surface area contributed by atoms with Crippen molar-refractivity contribution in [3.05, 3.63) is 0 Å². The molecule has 0 bridgehead atoms. The smallest absolute Gasteiger partial charge is 0.191 e. The third-order valence-electron chi connectivity index (χ3n) is 5.27. The number of aliphatic imine (C=N–C) groups is 1. The van der Waals surface area contributed by atoms with Crippen molar-refractivity contribution < 1.29 is 9.47 Å². The summed E-state index contributed by atoms with van der Waals surface area (Å²) >= 11 is 0. The SMILES string of the molecule is CCN=C(NC1CCOCC1)NC1C2CCOC2C1(C)C. The highest BCUT2D eigenvalue weighted by molar-refractivity contribution is 5.80. The first-order chi connectivity index (χ1) is 10.1. The Balaban J connectivity index is 1.61. The van der Waals surface area contributed by atoms with Crippen LogP contribution in [0.1, 0.15) is 40.0 Å². The minimum Gasteiger partial charge on any atom is -0.381 e. The predicted molar refractivity (Wildman–Crippen MR) is 83.5 cm³/mol. The van der Waals surface area contributed by atoms with Gasteiger partial charge in [-0.25, -0.2) is 0 Å². The number of hydrogen-bond donors (Lipinski definition) is 2. The summed E-state index contributed by atoms with van der Waals surface area (Å²) in [5.74, 6) is 1.60. The average Bonchev–Trinajstić information content (AvgIpc) is 2.93. The molecule has 3 fully saturated rings. The molecule has 5 nitrogen and oxygen atoms in total. The third kappa shape index (κ3) is 2.90. The van der Waals surface area contributed by atoms with Crippen molar-refractivity contribution in [2.24, 2.45) is 16.3 Å². The Labute approximate surface area is 127 Å². The molecule has 0 radical (unpaired) electrons. The van der Waals surface area contributed by atoms with Crippen LogP contribution in [0.2, 0.25) is 0 Å². The van der Waals surface area contributed by atoms with E-state index >= 15 is 0 Å². The van der Waals surface area contributed by atoms with E-state index in [9.17, 15) is 0 Å². The van der Waals surface area contributed by atoms with Crippen LogP contribution in [0.25, 0.3) is 0 Å². The van der Waals surface area contributed by atoms with E-state index in [4.69, 9.17) is 9.47 Å². The summed E-state index contributed by atoms with van der Waals surface area (Å²) in [5.41, 5.74) is 0.188. The van der Waals surface area contributed by atoms with Gasteiger partial charge in [-0.05, 0) is 26.2 Å². The fourth-order valence-electron chi connectivity index (χ4n) is 4.09. The number of guanidine groups is 1. The Kier molecular flexibility index (Phi) is 4.41. The normalized spacial score (nSPS) is 36.0. The van der Waals surface area contributed by atoms with Gasteiger partial charge in [0, 0.05) is 49.8 Å². The van der Waals surface area contributed by atoms with E-state index in [0.717, 1.165) is 45.2 Å². The van der Waals surface area contributed by atoms with Crippen LogP contribution in [0.3, 0.4) is 0 Å². The minimum absolute atomic E-state index is 0.188. The first-order valence-corrected chi connectivity index (χ1v) is 8.39. The van der Waals surface area contributed by atoms with Crippen molar-refractivity contribution >= 4 is 5.96 Å². The number of rotatable bonds is 3. The molecule has 3 unspecified atom stereocenters. The molecular formula is C16H29N3O2. The van der Waals surface area contributed by atoms with E-state index < -0.39 is 0 Å². The second kappa shape index (κ2) is 6.13. The van der Waals surface area contributed by atoms with Gasteiger partial charge in [0.2, 0.25) is 0 Å². The lowest BCUT2D eigenvalue weighted by molar-refractivity contribution is -0.107. The van der Waals surface area contributed by atoms with Crippen molar-refractivity contribution in [2.75, 3.05) is 26.4 Å². The summed E-state index contributed by atoms with van der Waals surface area (Å²) < 4.78 is 11.3. The van der Waals surface area contributed by atoms with Gasteiger partial charge >= 0.3 is 0 Å². The summed E-state index contributed by atoms with van der Waals surface area (Å²) in [5, 5.41) is 7.27. The molecule has 0 amide bonds. The highest BCUT2D eigenvalue weighted by Crippen LogP contribution is 2.52. The number of nitrogens with zero attached hydrogens (tertiary/aromatic N) is 1. The van der Waals surface area contributed by atoms with Gasteiger partial charge in [-0.15, -0.1) is 0 Å². The van der Waals surface area contributed by atoms with E-state index in [0.29, 0.717) is 24.1 Å². The largest absolute Gasteiger partial charge is 0.381 e. The van der Waals surface area contributed by atoms with Gasteiger partial charge in [0.05, 0.1) is 6.10 Å². The van der Waals surface area contributed by atoms with Crippen LogP contribution in [-0.4, -0.2) is 50.5 Å². The second-order valence-electron chi connectivity index (χ2n) is 7.04. The molecule has 2 N–H and O–H groups in total. The maximum atomic E-state index is 5.87. The van der Waals surface area contributed by atoms with Crippen molar-refractivity contribution in [1.82, 2.24) is 10.6 Å². The Morgan fingerprint density at radius 2 is 1.90 bits per heavy atom. The molecule has 1 aliphatic carbocycles. The van der Waals surface area contributed by atoms with Gasteiger partial charge in [0.15, 0.2) is 5.96 Å². The number of ether oxygens (including phenoxy) is 2. The van der Waals surface area contributed by atoms with Gasteiger partial charge in [-0.1, -0.05) is 13.8 Å². The van der Waals surface area contributed by atoms with Gasteiger partial charge < -0.3 is 20.1 Å². The summed E-state index contributed by atoms with van der Waals surface area (Å²) in [6, 6.07) is 0.943. The second-order valence-corrected chi connectivity index (χ2v) is 7.04. The van der Waals surface area contributed by atoms with Crippen molar-refractivity contribution in [3.8, 4) is 0 Å². The maximum Gasteiger partial charge on any atom is 0.191 e. The zero-order chi connectivity index (χ0) is 14.9. The van der Waals surface area contributed by atoms with E-state index in [-0.39, 0.29) is 5.41 Å². The van der Waals surface area contributed by atoms with Crippen LogP contribution < -0.4 is 10.6 Å². The standard InChI is InChI=1S/C16H29N3O2/c1-4-17-15(18-11-5-8-20-9-6-11)19-13-12-7-10-21-14(12)16(13,2)3/h11-14H,4-10H2,1-3H3,(H2,17,18,19). The zero-order valence-corrected chi connectivity index (χ0v) is 13.5. The van der Waals surface area contributed by atoms with Gasteiger partial charge in [-0.3, -0.25) is 4.99 Å². The van der Waals surface area contributed by atoms with Crippen molar-refractivity contribution in [3.63, 3.8) is 0 Å². The van der Waals surface area contributed by atoms with E-state index in [1.807, 2.05) is 0 Å². The first kappa shape index (κ1) is 15.1. The highest BCUT2D eigenvalue weighted by Gasteiger charge is 2.59. The molecular weight excluding hydrogens is 266 g/mol. The van der Waals surface area contributed by atoms with E-state index in [2.05, 4.69) is 36.4 Å². The molecule has 3 rings (SSSR count). The zero-order valence-electron chi connectivity index (χ0n) is 13.5. The van der Waals surface area contributed by atoms with Crippen LogP contribution in [0.4, 0.5) is 0 Å². The Bertz CT molecular complexity index is 391. The van der Waals surface area contributed by atoms with Crippen LogP contribution >= 0.6 is 0 Å². The lowest BCUT2D eigenvalue weighted by atomic mass is 9.57. The Hall–Kier alpha value is -0.810. The van der Waals surface area contributed by atoms with Crippen LogP contribution in [0.15, 0.2) is 4.99 Å². The van der Waals surface area contributed by atoms with Crippen LogP contribution in [0, 0.1) is 11.3 Å². The Morgan fingerprint density at radius 1 is 1.14 bits per heavy atom. The molecule has 3 atom stereocenters. The predicted octanol–water partition coefficient (Wildman–Crippen LogP) is 1.53. The fraction of sp³-hybridized carbons (Fsp3) is 0.938. The topological polar surface area (TPSA) is 54.9 Å².